The highest BCUT2D eigenvalue weighted by molar-refractivity contribution is 5.96. The van der Waals surface area contributed by atoms with Gasteiger partial charge in [-0.2, -0.15) is 0 Å². The minimum atomic E-state index is -1.23. The van der Waals surface area contributed by atoms with Gasteiger partial charge in [-0.1, -0.05) is 29.8 Å². The number of aliphatic carboxylic acids is 1. The van der Waals surface area contributed by atoms with E-state index >= 15 is 0 Å². The summed E-state index contributed by atoms with van der Waals surface area (Å²) in [5.41, 5.74) is 1.35. The van der Waals surface area contributed by atoms with Gasteiger partial charge in [-0.3, -0.25) is 4.79 Å². The Labute approximate surface area is 131 Å². The number of hydrogen-bond acceptors (Lipinski definition) is 2. The van der Waals surface area contributed by atoms with Crippen LogP contribution in [0.5, 0.6) is 0 Å². The molecule has 0 aliphatic rings. The van der Waals surface area contributed by atoms with Crippen LogP contribution in [0.15, 0.2) is 42.5 Å². The lowest BCUT2D eigenvalue weighted by molar-refractivity contribution is -0.139. The maximum absolute atomic E-state index is 13.6. The molecule has 0 aromatic heterocycles. The Morgan fingerprint density at radius 1 is 1.13 bits per heavy atom. The summed E-state index contributed by atoms with van der Waals surface area (Å²) in [7, 11) is 0. The number of amides is 1. The average molecular weight is 319 g/mol. The number of aryl methyl sites for hydroxylation is 1. The number of rotatable bonds is 5. The van der Waals surface area contributed by atoms with Crippen LogP contribution in [0.4, 0.5) is 8.78 Å². The van der Waals surface area contributed by atoms with Crippen LogP contribution < -0.4 is 5.32 Å². The van der Waals surface area contributed by atoms with Crippen molar-refractivity contribution in [2.24, 2.45) is 0 Å². The normalized spacial score (nSPS) is 11.8. The molecule has 0 bridgehead atoms. The standard InChI is InChI=1S/C17H15F2NO3/c1-10-2-4-11(5-3-10)8-15(17(22)23)20-16(21)13-7-6-12(18)9-14(13)19/h2-7,9,15H,8H2,1H3,(H,20,21)(H,22,23)/t15-/m0/s1. The lowest BCUT2D eigenvalue weighted by Gasteiger charge is -2.15. The van der Waals surface area contributed by atoms with Crippen molar-refractivity contribution in [2.75, 3.05) is 0 Å². The monoisotopic (exact) mass is 319 g/mol. The smallest absolute Gasteiger partial charge is 0.326 e. The largest absolute Gasteiger partial charge is 0.480 e. The van der Waals surface area contributed by atoms with Crippen molar-refractivity contribution >= 4 is 11.9 Å². The maximum Gasteiger partial charge on any atom is 0.326 e. The van der Waals surface area contributed by atoms with E-state index in [2.05, 4.69) is 5.32 Å². The summed E-state index contributed by atoms with van der Waals surface area (Å²) < 4.78 is 26.4. The second-order valence-corrected chi connectivity index (χ2v) is 5.18. The van der Waals surface area contributed by atoms with Crippen LogP contribution in [0.2, 0.25) is 0 Å². The zero-order chi connectivity index (χ0) is 17.0. The molecule has 2 N–H and O–H groups in total. The number of carbonyl (C=O) groups is 2. The average Bonchev–Trinajstić information content (AvgIpc) is 2.48. The molecule has 4 nitrogen and oxygen atoms in total. The molecule has 2 aromatic rings. The summed E-state index contributed by atoms with van der Waals surface area (Å²) in [6, 6.07) is 8.45. The number of benzene rings is 2. The lowest BCUT2D eigenvalue weighted by Crippen LogP contribution is -2.42. The quantitative estimate of drug-likeness (QED) is 0.890. The van der Waals surface area contributed by atoms with E-state index in [1.807, 2.05) is 19.1 Å². The van der Waals surface area contributed by atoms with Gasteiger partial charge in [-0.25, -0.2) is 13.6 Å². The van der Waals surface area contributed by atoms with Crippen LogP contribution in [0, 0.1) is 18.6 Å². The molecule has 2 aromatic carbocycles. The first-order valence-electron chi connectivity index (χ1n) is 6.91. The Balaban J connectivity index is 2.14. The van der Waals surface area contributed by atoms with Gasteiger partial charge in [0.15, 0.2) is 0 Å². The fourth-order valence-electron chi connectivity index (χ4n) is 2.07. The van der Waals surface area contributed by atoms with Gasteiger partial charge < -0.3 is 10.4 Å². The summed E-state index contributed by atoms with van der Waals surface area (Å²) in [5.74, 6) is -3.99. The molecule has 120 valence electrons. The summed E-state index contributed by atoms with van der Waals surface area (Å²) in [4.78, 5) is 23.3. The van der Waals surface area contributed by atoms with Gasteiger partial charge in [0.25, 0.3) is 5.91 Å². The van der Waals surface area contributed by atoms with Gasteiger partial charge >= 0.3 is 5.97 Å². The van der Waals surface area contributed by atoms with Crippen LogP contribution in [0.3, 0.4) is 0 Å². The number of hydrogen-bond donors (Lipinski definition) is 2. The molecular weight excluding hydrogens is 304 g/mol. The topological polar surface area (TPSA) is 66.4 Å². The van der Waals surface area contributed by atoms with Gasteiger partial charge in [-0.05, 0) is 24.6 Å². The Morgan fingerprint density at radius 3 is 2.35 bits per heavy atom. The van der Waals surface area contributed by atoms with E-state index in [1.54, 1.807) is 12.1 Å². The summed E-state index contributed by atoms with van der Waals surface area (Å²) in [5, 5.41) is 11.5. The maximum atomic E-state index is 13.6. The minimum Gasteiger partial charge on any atom is -0.480 e. The van der Waals surface area contributed by atoms with Gasteiger partial charge in [0.1, 0.15) is 17.7 Å². The van der Waals surface area contributed by atoms with Crippen molar-refractivity contribution in [3.8, 4) is 0 Å². The number of halogens is 2. The fourth-order valence-corrected chi connectivity index (χ4v) is 2.07. The molecule has 1 atom stereocenters. The van der Waals surface area contributed by atoms with Crippen LogP contribution in [0.1, 0.15) is 21.5 Å². The third-order valence-corrected chi connectivity index (χ3v) is 3.34. The van der Waals surface area contributed by atoms with Crippen molar-refractivity contribution in [1.82, 2.24) is 5.32 Å². The Bertz CT molecular complexity index is 729. The molecule has 23 heavy (non-hydrogen) atoms. The second-order valence-electron chi connectivity index (χ2n) is 5.18. The van der Waals surface area contributed by atoms with Crippen molar-refractivity contribution in [2.45, 2.75) is 19.4 Å². The first-order valence-corrected chi connectivity index (χ1v) is 6.91. The van der Waals surface area contributed by atoms with E-state index < -0.39 is 35.1 Å². The van der Waals surface area contributed by atoms with Gasteiger partial charge in [0, 0.05) is 12.5 Å². The Kier molecular flexibility index (Phi) is 5.05. The summed E-state index contributed by atoms with van der Waals surface area (Å²) in [6.07, 6.45) is 0.0597. The van der Waals surface area contributed by atoms with E-state index in [4.69, 9.17) is 0 Å². The molecule has 0 unspecified atom stereocenters. The highest BCUT2D eigenvalue weighted by Crippen LogP contribution is 2.11. The molecule has 0 heterocycles. The minimum absolute atomic E-state index is 0.0597. The van der Waals surface area contributed by atoms with Crippen LogP contribution >= 0.6 is 0 Å². The van der Waals surface area contributed by atoms with Crippen molar-refractivity contribution in [3.05, 3.63) is 70.8 Å². The SMILES string of the molecule is Cc1ccc(C[C@H](NC(=O)c2ccc(F)cc2F)C(=O)O)cc1. The van der Waals surface area contributed by atoms with E-state index in [9.17, 15) is 23.5 Å². The predicted molar refractivity (Wildman–Crippen MR) is 80.1 cm³/mol. The number of carbonyl (C=O) groups excluding carboxylic acids is 1. The second kappa shape index (κ2) is 7.00. The van der Waals surface area contributed by atoms with Gasteiger partial charge in [-0.15, -0.1) is 0 Å². The molecule has 0 radical (unpaired) electrons. The molecule has 0 saturated carbocycles. The van der Waals surface area contributed by atoms with Crippen molar-refractivity contribution in [3.63, 3.8) is 0 Å². The van der Waals surface area contributed by atoms with E-state index in [1.165, 1.54) is 0 Å². The molecule has 0 aliphatic heterocycles. The van der Waals surface area contributed by atoms with Crippen molar-refractivity contribution < 1.29 is 23.5 Å². The Hall–Kier alpha value is -2.76. The Morgan fingerprint density at radius 2 is 1.78 bits per heavy atom. The van der Waals surface area contributed by atoms with Gasteiger partial charge in [0.05, 0.1) is 5.56 Å². The number of carboxylic acid groups (broad SMARTS) is 1. The van der Waals surface area contributed by atoms with Crippen LogP contribution in [-0.2, 0) is 11.2 Å². The van der Waals surface area contributed by atoms with E-state index in [-0.39, 0.29) is 6.42 Å². The van der Waals surface area contributed by atoms with Crippen LogP contribution in [-0.4, -0.2) is 23.0 Å². The zero-order valence-electron chi connectivity index (χ0n) is 12.3. The molecule has 1 amide bonds. The summed E-state index contributed by atoms with van der Waals surface area (Å²) >= 11 is 0. The molecule has 0 spiro atoms. The van der Waals surface area contributed by atoms with Crippen molar-refractivity contribution in [1.29, 1.82) is 0 Å². The van der Waals surface area contributed by atoms with Crippen LogP contribution in [0.25, 0.3) is 0 Å². The van der Waals surface area contributed by atoms with E-state index in [0.29, 0.717) is 6.07 Å². The molecule has 6 heteroatoms. The molecule has 0 aliphatic carbocycles. The first kappa shape index (κ1) is 16.6. The van der Waals surface area contributed by atoms with E-state index in [0.717, 1.165) is 23.3 Å². The number of nitrogens with one attached hydrogen (secondary N) is 1. The molecular formula is C17H15F2NO3. The zero-order valence-corrected chi connectivity index (χ0v) is 12.3. The molecule has 0 saturated heterocycles. The highest BCUT2D eigenvalue weighted by atomic mass is 19.1. The van der Waals surface area contributed by atoms with Gasteiger partial charge in [0.2, 0.25) is 0 Å². The highest BCUT2D eigenvalue weighted by Gasteiger charge is 2.22. The molecule has 2 rings (SSSR count). The third-order valence-electron chi connectivity index (χ3n) is 3.34. The predicted octanol–water partition coefficient (Wildman–Crippen LogP) is 2.70. The lowest BCUT2D eigenvalue weighted by atomic mass is 10.0. The number of carboxylic acids is 1. The fraction of sp³-hybridized carbons (Fsp3) is 0.176. The molecule has 0 fully saturated rings. The third kappa shape index (κ3) is 4.35. The summed E-state index contributed by atoms with van der Waals surface area (Å²) in [6.45, 7) is 1.90. The first-order chi connectivity index (χ1) is 10.9.